The van der Waals surface area contributed by atoms with E-state index >= 15 is 0 Å². The van der Waals surface area contributed by atoms with Crippen molar-refractivity contribution >= 4 is 34.3 Å². The number of fused-ring (bicyclic) bond motifs is 1. The van der Waals surface area contributed by atoms with Crippen LogP contribution in [0.25, 0.3) is 10.8 Å². The van der Waals surface area contributed by atoms with E-state index in [1.807, 2.05) is 48.5 Å². The van der Waals surface area contributed by atoms with Crippen LogP contribution < -0.4 is 11.1 Å². The Bertz CT molecular complexity index is 1100. The SMILES string of the molecule is NC[C@@H](C(=O)Nc1ccc2cnccc2c1)C(CCC(=O)OCc1ccccc1)CC(=O)O. The molecule has 8 nitrogen and oxygen atoms in total. The maximum Gasteiger partial charge on any atom is 0.306 e. The molecular formula is C25H27N3O5. The highest BCUT2D eigenvalue weighted by Gasteiger charge is 2.30. The number of hydrogen-bond donors (Lipinski definition) is 3. The molecule has 0 aliphatic heterocycles. The van der Waals surface area contributed by atoms with Gasteiger partial charge in [0.15, 0.2) is 0 Å². The molecule has 0 radical (unpaired) electrons. The number of pyridine rings is 1. The number of carbonyl (C=O) groups excluding carboxylic acids is 2. The van der Waals surface area contributed by atoms with E-state index in [1.54, 1.807) is 18.5 Å². The minimum atomic E-state index is -1.05. The summed E-state index contributed by atoms with van der Waals surface area (Å²) >= 11 is 0. The van der Waals surface area contributed by atoms with Crippen LogP contribution in [0.5, 0.6) is 0 Å². The third-order valence-corrected chi connectivity index (χ3v) is 5.47. The number of amides is 1. The van der Waals surface area contributed by atoms with Crippen molar-refractivity contribution in [3.8, 4) is 0 Å². The van der Waals surface area contributed by atoms with Crippen LogP contribution in [0.2, 0.25) is 0 Å². The quantitative estimate of drug-likeness (QED) is 0.382. The normalized spacial score (nSPS) is 12.6. The van der Waals surface area contributed by atoms with Crippen molar-refractivity contribution in [3.05, 3.63) is 72.6 Å². The smallest absolute Gasteiger partial charge is 0.306 e. The van der Waals surface area contributed by atoms with Crippen molar-refractivity contribution in [2.45, 2.75) is 25.9 Å². The maximum atomic E-state index is 12.9. The Labute approximate surface area is 191 Å². The number of benzene rings is 2. The van der Waals surface area contributed by atoms with Crippen molar-refractivity contribution in [1.29, 1.82) is 0 Å². The first kappa shape index (κ1) is 23.9. The van der Waals surface area contributed by atoms with Crippen LogP contribution in [0.15, 0.2) is 67.0 Å². The number of rotatable bonds is 11. The first-order chi connectivity index (χ1) is 16.0. The number of nitrogens with two attached hydrogens (primary N) is 1. The molecule has 3 rings (SSSR count). The zero-order valence-electron chi connectivity index (χ0n) is 18.1. The summed E-state index contributed by atoms with van der Waals surface area (Å²) in [6.07, 6.45) is 3.29. The number of ether oxygens (including phenoxy) is 1. The van der Waals surface area contributed by atoms with Gasteiger partial charge in [-0.25, -0.2) is 0 Å². The first-order valence-corrected chi connectivity index (χ1v) is 10.7. The Balaban J connectivity index is 1.62. The molecule has 0 saturated carbocycles. The van der Waals surface area contributed by atoms with E-state index in [-0.39, 0.29) is 38.3 Å². The van der Waals surface area contributed by atoms with E-state index < -0.39 is 23.8 Å². The number of carbonyl (C=O) groups is 3. The maximum absolute atomic E-state index is 12.9. The molecule has 4 N–H and O–H groups in total. The molecular weight excluding hydrogens is 422 g/mol. The molecule has 1 unspecified atom stereocenters. The number of carboxylic acids is 1. The predicted octanol–water partition coefficient (Wildman–Crippen LogP) is 3.36. The van der Waals surface area contributed by atoms with Crippen molar-refractivity contribution in [3.63, 3.8) is 0 Å². The zero-order chi connectivity index (χ0) is 23.6. The van der Waals surface area contributed by atoms with Crippen LogP contribution in [-0.4, -0.2) is 34.5 Å². The highest BCUT2D eigenvalue weighted by atomic mass is 16.5. The number of hydrogen-bond acceptors (Lipinski definition) is 6. The number of anilines is 1. The second-order valence-electron chi connectivity index (χ2n) is 7.81. The highest BCUT2D eigenvalue weighted by molar-refractivity contribution is 5.96. The fourth-order valence-electron chi connectivity index (χ4n) is 3.69. The van der Waals surface area contributed by atoms with Gasteiger partial charge in [0.2, 0.25) is 5.91 Å². The Kier molecular flexibility index (Phi) is 8.49. The third kappa shape index (κ3) is 7.11. The van der Waals surface area contributed by atoms with Crippen LogP contribution >= 0.6 is 0 Å². The van der Waals surface area contributed by atoms with Crippen LogP contribution in [0, 0.1) is 11.8 Å². The molecule has 33 heavy (non-hydrogen) atoms. The first-order valence-electron chi connectivity index (χ1n) is 10.7. The number of carboxylic acid groups (broad SMARTS) is 1. The molecule has 172 valence electrons. The minimum absolute atomic E-state index is 0.00245. The predicted molar refractivity (Wildman–Crippen MR) is 124 cm³/mol. The molecule has 0 bridgehead atoms. The number of nitrogens with one attached hydrogen (secondary N) is 1. The number of esters is 1. The van der Waals surface area contributed by atoms with Gasteiger partial charge in [-0.05, 0) is 41.5 Å². The number of aliphatic carboxylic acids is 1. The molecule has 1 aromatic heterocycles. The average molecular weight is 450 g/mol. The Morgan fingerprint density at radius 3 is 2.58 bits per heavy atom. The fraction of sp³-hybridized carbons (Fsp3) is 0.280. The van der Waals surface area contributed by atoms with E-state index in [0.29, 0.717) is 5.69 Å². The molecule has 2 atom stereocenters. The van der Waals surface area contributed by atoms with Gasteiger partial charge in [-0.1, -0.05) is 36.4 Å². The zero-order valence-corrected chi connectivity index (χ0v) is 18.1. The highest BCUT2D eigenvalue weighted by Crippen LogP contribution is 2.25. The second-order valence-corrected chi connectivity index (χ2v) is 7.81. The van der Waals surface area contributed by atoms with E-state index in [0.717, 1.165) is 16.3 Å². The van der Waals surface area contributed by atoms with E-state index in [1.165, 1.54) is 0 Å². The van der Waals surface area contributed by atoms with Gasteiger partial charge >= 0.3 is 11.9 Å². The molecule has 2 aromatic carbocycles. The number of aromatic nitrogens is 1. The topological polar surface area (TPSA) is 132 Å². The summed E-state index contributed by atoms with van der Waals surface area (Å²) in [5.41, 5.74) is 7.29. The largest absolute Gasteiger partial charge is 0.481 e. The molecule has 1 heterocycles. The van der Waals surface area contributed by atoms with Crippen molar-refractivity contribution in [2.24, 2.45) is 17.6 Å². The minimum Gasteiger partial charge on any atom is -0.481 e. The summed E-state index contributed by atoms with van der Waals surface area (Å²) < 4.78 is 5.27. The van der Waals surface area contributed by atoms with Crippen LogP contribution in [0.1, 0.15) is 24.8 Å². The Morgan fingerprint density at radius 2 is 1.85 bits per heavy atom. The lowest BCUT2D eigenvalue weighted by atomic mass is 9.85. The van der Waals surface area contributed by atoms with Crippen LogP contribution in [-0.2, 0) is 25.7 Å². The van der Waals surface area contributed by atoms with Gasteiger partial charge in [0.05, 0.1) is 5.92 Å². The van der Waals surface area contributed by atoms with E-state index in [9.17, 15) is 19.5 Å². The monoisotopic (exact) mass is 449 g/mol. The Morgan fingerprint density at radius 1 is 1.06 bits per heavy atom. The second kappa shape index (κ2) is 11.7. The standard InChI is InChI=1S/C25H27N3O5/c26-14-22(25(32)28-21-8-6-20-15-27-11-10-18(20)12-21)19(13-23(29)30)7-9-24(31)33-16-17-4-2-1-3-5-17/h1-6,8,10-12,15,19,22H,7,9,13-14,16,26H2,(H,28,32)(H,29,30)/t19?,22-/m1/s1. The average Bonchev–Trinajstić information content (AvgIpc) is 2.81. The van der Waals surface area contributed by atoms with E-state index in [4.69, 9.17) is 10.5 Å². The molecule has 1 amide bonds. The molecule has 0 aliphatic rings. The van der Waals surface area contributed by atoms with Gasteiger partial charge in [0.25, 0.3) is 0 Å². The van der Waals surface area contributed by atoms with Gasteiger partial charge in [-0.15, -0.1) is 0 Å². The summed E-state index contributed by atoms with van der Waals surface area (Å²) in [6.45, 7) is 0.0991. The summed E-state index contributed by atoms with van der Waals surface area (Å²) in [5.74, 6) is -3.26. The van der Waals surface area contributed by atoms with E-state index in [2.05, 4.69) is 10.3 Å². The molecule has 0 aliphatic carbocycles. The molecule has 0 spiro atoms. The van der Waals surface area contributed by atoms with Crippen molar-refractivity contribution in [2.75, 3.05) is 11.9 Å². The van der Waals surface area contributed by atoms with Crippen molar-refractivity contribution < 1.29 is 24.2 Å². The summed E-state index contributed by atoms with van der Waals surface area (Å²) in [5, 5.41) is 14.0. The van der Waals surface area contributed by atoms with Gasteiger partial charge in [0, 0.05) is 42.9 Å². The van der Waals surface area contributed by atoms with Crippen LogP contribution in [0.4, 0.5) is 5.69 Å². The molecule has 3 aromatic rings. The molecule has 8 heteroatoms. The summed E-state index contributed by atoms with van der Waals surface area (Å²) in [4.78, 5) is 40.6. The van der Waals surface area contributed by atoms with Crippen molar-refractivity contribution in [1.82, 2.24) is 4.98 Å². The summed E-state index contributed by atoms with van der Waals surface area (Å²) in [6, 6.07) is 16.5. The van der Waals surface area contributed by atoms with Crippen LogP contribution in [0.3, 0.4) is 0 Å². The van der Waals surface area contributed by atoms with Gasteiger partial charge < -0.3 is 20.9 Å². The number of nitrogens with zero attached hydrogens (tertiary/aromatic N) is 1. The lowest BCUT2D eigenvalue weighted by molar-refractivity contribution is -0.146. The third-order valence-electron chi connectivity index (χ3n) is 5.47. The lowest BCUT2D eigenvalue weighted by Gasteiger charge is -2.24. The fourth-order valence-corrected chi connectivity index (χ4v) is 3.69. The molecule has 0 fully saturated rings. The molecule has 0 saturated heterocycles. The summed E-state index contributed by atoms with van der Waals surface area (Å²) in [7, 11) is 0. The van der Waals surface area contributed by atoms with Gasteiger partial charge in [0.1, 0.15) is 6.61 Å². The lowest BCUT2D eigenvalue weighted by Crippen LogP contribution is -2.36. The Hall–Kier alpha value is -3.78. The van der Waals surface area contributed by atoms with Gasteiger partial charge in [-0.2, -0.15) is 0 Å². The van der Waals surface area contributed by atoms with Gasteiger partial charge in [-0.3, -0.25) is 19.4 Å².